The Labute approximate surface area is 189 Å². The third-order valence-electron chi connectivity index (χ3n) is 6.18. The molecule has 2 aliphatic rings. The first-order valence-corrected chi connectivity index (χ1v) is 11.9. The highest BCUT2D eigenvalue weighted by atomic mass is 32.2. The number of rotatable bonds is 5. The molecule has 0 bridgehead atoms. The Hall–Kier alpha value is -2.79. The van der Waals surface area contributed by atoms with Crippen molar-refractivity contribution in [2.45, 2.75) is 36.9 Å². The number of hydrogen-bond donors (Lipinski definition) is 1. The van der Waals surface area contributed by atoms with E-state index in [1.807, 2.05) is 11.8 Å². The van der Waals surface area contributed by atoms with E-state index >= 15 is 0 Å². The van der Waals surface area contributed by atoms with Crippen molar-refractivity contribution < 1.29 is 36.2 Å². The van der Waals surface area contributed by atoms with Gasteiger partial charge >= 0.3 is 12.3 Å². The highest BCUT2D eigenvalue weighted by molar-refractivity contribution is 7.89. The molecule has 1 fully saturated rings. The molecule has 1 N–H and O–H groups in total. The average Bonchev–Trinajstić information content (AvgIpc) is 3.14. The van der Waals surface area contributed by atoms with Crippen molar-refractivity contribution in [3.05, 3.63) is 59.7 Å². The van der Waals surface area contributed by atoms with Crippen LogP contribution in [0.15, 0.2) is 48.5 Å². The van der Waals surface area contributed by atoms with Crippen LogP contribution in [0.25, 0.3) is 0 Å². The van der Waals surface area contributed by atoms with Gasteiger partial charge in [0.05, 0.1) is 5.92 Å². The molecule has 1 saturated heterocycles. The van der Waals surface area contributed by atoms with E-state index in [1.54, 1.807) is 24.3 Å². The van der Waals surface area contributed by atoms with Crippen LogP contribution in [-0.2, 0) is 14.8 Å². The molecule has 0 radical (unpaired) electrons. The number of carbonyl (C=O) groups is 1. The van der Waals surface area contributed by atoms with Crippen molar-refractivity contribution >= 4 is 21.7 Å². The largest absolute Gasteiger partial charge is 0.573 e. The molecule has 3 atom stereocenters. The first kappa shape index (κ1) is 23.4. The normalized spacial score (nSPS) is 23.9. The minimum Gasteiger partial charge on any atom is -0.481 e. The second-order valence-electron chi connectivity index (χ2n) is 8.23. The lowest BCUT2D eigenvalue weighted by molar-refractivity contribution is -0.274. The number of aliphatic carboxylic acids is 1. The van der Waals surface area contributed by atoms with Gasteiger partial charge in [0.2, 0.25) is 10.0 Å². The highest BCUT2D eigenvalue weighted by Crippen LogP contribution is 2.46. The molecule has 2 aromatic carbocycles. The fourth-order valence-corrected chi connectivity index (χ4v) is 6.75. The van der Waals surface area contributed by atoms with Crippen molar-refractivity contribution in [1.82, 2.24) is 4.31 Å². The smallest absolute Gasteiger partial charge is 0.481 e. The zero-order valence-corrected chi connectivity index (χ0v) is 18.5. The number of anilines is 1. The van der Waals surface area contributed by atoms with Crippen molar-refractivity contribution in [3.8, 4) is 5.75 Å². The Balaban J connectivity index is 1.49. The summed E-state index contributed by atoms with van der Waals surface area (Å²) in [6.07, 6.45) is -4.78. The summed E-state index contributed by atoms with van der Waals surface area (Å²) < 4.78 is 69.4. The molecule has 0 saturated carbocycles. The third kappa shape index (κ3) is 4.65. The van der Waals surface area contributed by atoms with Crippen LogP contribution in [0.4, 0.5) is 18.9 Å². The zero-order chi connectivity index (χ0) is 24.0. The van der Waals surface area contributed by atoms with Gasteiger partial charge < -0.3 is 14.7 Å². The maximum Gasteiger partial charge on any atom is 0.573 e. The molecule has 1 heterocycles. The summed E-state index contributed by atoms with van der Waals surface area (Å²) in [7, 11) is -3.81. The Kier molecular flexibility index (Phi) is 6.04. The summed E-state index contributed by atoms with van der Waals surface area (Å²) in [6, 6.07) is 12.0. The molecule has 1 aliphatic heterocycles. The molecule has 11 heteroatoms. The molecule has 1 aliphatic carbocycles. The molecule has 2 aromatic rings. The van der Waals surface area contributed by atoms with Gasteiger partial charge in [0, 0.05) is 31.4 Å². The van der Waals surface area contributed by atoms with Crippen LogP contribution in [0.2, 0.25) is 0 Å². The van der Waals surface area contributed by atoms with E-state index in [9.17, 15) is 31.5 Å². The van der Waals surface area contributed by atoms with Crippen LogP contribution in [0.3, 0.4) is 0 Å². The van der Waals surface area contributed by atoms with E-state index in [0.717, 1.165) is 0 Å². The standard InChI is InChI=1S/C22H23F3N2O5S/c1-14-13-26(10-11-27(14)15-6-8-16(9-7-15)32-22(23,24)25)33(30,31)20-12-19(21(28)29)17-4-2-3-5-18(17)20/h2-9,14,19-20H,10-13H2,1H3,(H,28,29)/t14?,19?,20-/m0/s1. The number of sulfonamides is 1. The van der Waals surface area contributed by atoms with E-state index in [0.29, 0.717) is 23.4 Å². The Bertz CT molecular complexity index is 1140. The van der Waals surface area contributed by atoms with Gasteiger partial charge in [0.25, 0.3) is 0 Å². The minimum atomic E-state index is -4.77. The van der Waals surface area contributed by atoms with Crippen LogP contribution in [0.5, 0.6) is 5.75 Å². The van der Waals surface area contributed by atoms with E-state index in [2.05, 4.69) is 4.74 Å². The molecule has 4 rings (SSSR count). The number of hydrogen-bond acceptors (Lipinski definition) is 5. The number of benzene rings is 2. The van der Waals surface area contributed by atoms with Crippen molar-refractivity contribution in [3.63, 3.8) is 0 Å². The molecule has 33 heavy (non-hydrogen) atoms. The van der Waals surface area contributed by atoms with Crippen molar-refractivity contribution in [1.29, 1.82) is 0 Å². The fourth-order valence-electron chi connectivity index (χ4n) is 4.66. The van der Waals surface area contributed by atoms with Crippen LogP contribution in [-0.4, -0.2) is 55.8 Å². The summed E-state index contributed by atoms with van der Waals surface area (Å²) >= 11 is 0. The maximum absolute atomic E-state index is 13.5. The lowest BCUT2D eigenvalue weighted by Gasteiger charge is -2.41. The summed E-state index contributed by atoms with van der Waals surface area (Å²) in [5, 5.41) is 8.63. The molecule has 0 amide bonds. The Morgan fingerprint density at radius 2 is 1.70 bits per heavy atom. The number of fused-ring (bicyclic) bond motifs is 1. The Morgan fingerprint density at radius 3 is 2.27 bits per heavy atom. The van der Waals surface area contributed by atoms with Gasteiger partial charge in [-0.25, -0.2) is 8.42 Å². The number of ether oxygens (including phenoxy) is 1. The predicted molar refractivity (Wildman–Crippen MR) is 115 cm³/mol. The monoisotopic (exact) mass is 484 g/mol. The predicted octanol–water partition coefficient (Wildman–Crippen LogP) is 3.74. The molecular weight excluding hydrogens is 461 g/mol. The van der Waals surface area contributed by atoms with Gasteiger partial charge in [-0.3, -0.25) is 4.79 Å². The molecule has 178 valence electrons. The number of carboxylic acid groups (broad SMARTS) is 1. The fraction of sp³-hybridized carbons (Fsp3) is 0.409. The van der Waals surface area contributed by atoms with Crippen molar-refractivity contribution in [2.24, 2.45) is 0 Å². The van der Waals surface area contributed by atoms with Gasteiger partial charge in [-0.1, -0.05) is 24.3 Å². The zero-order valence-electron chi connectivity index (χ0n) is 17.7. The number of carboxylic acids is 1. The van der Waals surface area contributed by atoms with Crippen molar-refractivity contribution in [2.75, 3.05) is 24.5 Å². The first-order chi connectivity index (χ1) is 15.5. The summed E-state index contributed by atoms with van der Waals surface area (Å²) in [5.74, 6) is -2.23. The highest BCUT2D eigenvalue weighted by Gasteiger charge is 2.45. The van der Waals surface area contributed by atoms with Crippen LogP contribution < -0.4 is 9.64 Å². The quantitative estimate of drug-likeness (QED) is 0.696. The molecular formula is C22H23F3N2O5S. The van der Waals surface area contributed by atoms with Gasteiger partial charge in [0.15, 0.2) is 0 Å². The number of nitrogens with zero attached hydrogens (tertiary/aromatic N) is 2. The van der Waals surface area contributed by atoms with Crippen LogP contribution >= 0.6 is 0 Å². The van der Waals surface area contributed by atoms with Gasteiger partial charge in [-0.2, -0.15) is 4.31 Å². The van der Waals surface area contributed by atoms with Gasteiger partial charge in [0.1, 0.15) is 11.0 Å². The third-order valence-corrected chi connectivity index (χ3v) is 8.39. The molecule has 0 aromatic heterocycles. The minimum absolute atomic E-state index is 0.00766. The van der Waals surface area contributed by atoms with Gasteiger partial charge in [-0.05, 0) is 48.7 Å². The van der Waals surface area contributed by atoms with Crippen LogP contribution in [0.1, 0.15) is 35.6 Å². The second kappa shape index (κ2) is 8.53. The SMILES string of the molecule is CC1CN(S(=O)(=O)[C@H]2CC(C(=O)O)c3ccccc32)CCN1c1ccc(OC(F)(F)F)cc1. The molecule has 2 unspecified atom stereocenters. The summed E-state index contributed by atoms with van der Waals surface area (Å²) in [6.45, 7) is 2.55. The number of alkyl halides is 3. The van der Waals surface area contributed by atoms with Crippen LogP contribution in [0, 0.1) is 0 Å². The maximum atomic E-state index is 13.5. The average molecular weight is 484 g/mol. The lowest BCUT2D eigenvalue weighted by atomic mass is 10.0. The van der Waals surface area contributed by atoms with E-state index in [4.69, 9.17) is 0 Å². The first-order valence-electron chi connectivity index (χ1n) is 10.4. The Morgan fingerprint density at radius 1 is 1.06 bits per heavy atom. The molecule has 7 nitrogen and oxygen atoms in total. The van der Waals surface area contributed by atoms with E-state index in [1.165, 1.54) is 28.6 Å². The lowest BCUT2D eigenvalue weighted by Crippen LogP contribution is -2.54. The number of piperazine rings is 1. The number of halogens is 3. The topological polar surface area (TPSA) is 87.2 Å². The summed E-state index contributed by atoms with van der Waals surface area (Å²) in [5.41, 5.74) is 1.72. The van der Waals surface area contributed by atoms with Gasteiger partial charge in [-0.15, -0.1) is 13.2 Å². The second-order valence-corrected chi connectivity index (χ2v) is 10.3. The van der Waals surface area contributed by atoms with E-state index in [-0.39, 0.29) is 31.3 Å². The molecule has 0 spiro atoms. The van der Waals surface area contributed by atoms with E-state index < -0.39 is 33.5 Å². The summed E-state index contributed by atoms with van der Waals surface area (Å²) in [4.78, 5) is 13.6.